The minimum Gasteiger partial charge on any atom is -0.309 e. The van der Waals surface area contributed by atoms with Gasteiger partial charge < -0.3 is 4.98 Å². The van der Waals surface area contributed by atoms with Crippen molar-refractivity contribution in [3.05, 3.63) is 63.1 Å². The number of benzene rings is 1. The second-order valence-electron chi connectivity index (χ2n) is 6.68. The number of aryl methyl sites for hydroxylation is 2. The maximum Gasteiger partial charge on any atom is 0.259 e. The summed E-state index contributed by atoms with van der Waals surface area (Å²) in [6.45, 7) is 0. The molecule has 0 unspecified atom stereocenters. The van der Waals surface area contributed by atoms with E-state index >= 15 is 0 Å². The molecule has 0 saturated carbocycles. The van der Waals surface area contributed by atoms with Crippen LogP contribution < -0.4 is 5.56 Å². The number of H-pyrrole nitrogens is 1. The van der Waals surface area contributed by atoms with Crippen molar-refractivity contribution in [3.8, 4) is 11.3 Å². The van der Waals surface area contributed by atoms with Crippen LogP contribution in [-0.2, 0) is 18.6 Å². The lowest BCUT2D eigenvalue weighted by Crippen LogP contribution is -2.12. The largest absolute Gasteiger partial charge is 0.309 e. The van der Waals surface area contributed by atoms with E-state index in [0.29, 0.717) is 16.7 Å². The number of nitrogens with one attached hydrogen (secondary N) is 1. The number of hydrogen-bond acceptors (Lipinski definition) is 7. The van der Waals surface area contributed by atoms with Gasteiger partial charge >= 0.3 is 0 Å². The molecule has 6 nitrogen and oxygen atoms in total. The van der Waals surface area contributed by atoms with Crippen molar-refractivity contribution in [2.75, 3.05) is 0 Å². The second-order valence-corrected chi connectivity index (χ2v) is 8.71. The molecule has 0 aliphatic heterocycles. The van der Waals surface area contributed by atoms with Crippen molar-refractivity contribution < 1.29 is 0 Å². The number of thiophene rings is 1. The van der Waals surface area contributed by atoms with E-state index in [0.717, 1.165) is 40.7 Å². The van der Waals surface area contributed by atoms with Crippen molar-refractivity contribution in [2.24, 2.45) is 0 Å². The van der Waals surface area contributed by atoms with E-state index in [1.807, 2.05) is 30.3 Å². The Balaban J connectivity index is 1.35. The molecule has 1 aliphatic rings. The quantitative estimate of drug-likeness (QED) is 0.515. The molecule has 4 aromatic rings. The first-order chi connectivity index (χ1) is 13.8. The summed E-state index contributed by atoms with van der Waals surface area (Å²) in [5.41, 5.74) is 2.90. The minimum absolute atomic E-state index is 0.0292. The van der Waals surface area contributed by atoms with Gasteiger partial charge in [-0.15, -0.1) is 21.5 Å². The molecule has 1 aliphatic carbocycles. The highest BCUT2D eigenvalue weighted by Gasteiger charge is 2.19. The summed E-state index contributed by atoms with van der Waals surface area (Å²) in [5, 5.41) is 9.79. The molecule has 1 aromatic carbocycles. The summed E-state index contributed by atoms with van der Waals surface area (Å²) in [7, 11) is 0. The Morgan fingerprint density at radius 2 is 1.96 bits per heavy atom. The molecular weight excluding hydrogens is 390 g/mol. The normalized spacial score (nSPS) is 13.6. The monoisotopic (exact) mass is 407 g/mol. The topological polar surface area (TPSA) is 84.4 Å². The van der Waals surface area contributed by atoms with E-state index in [1.54, 1.807) is 17.5 Å². The lowest BCUT2D eigenvalue weighted by Gasteiger charge is -2.09. The molecule has 0 saturated heterocycles. The fraction of sp³-hybridized carbons (Fsp3) is 0.250. The van der Waals surface area contributed by atoms with Crippen LogP contribution in [0.5, 0.6) is 0 Å². The van der Waals surface area contributed by atoms with Gasteiger partial charge in [0, 0.05) is 10.4 Å². The van der Waals surface area contributed by atoms with Crippen LogP contribution in [-0.4, -0.2) is 25.1 Å². The first-order valence-corrected chi connectivity index (χ1v) is 11.0. The van der Waals surface area contributed by atoms with Crippen molar-refractivity contribution in [2.45, 2.75) is 36.6 Å². The summed E-state index contributed by atoms with van der Waals surface area (Å²) >= 11 is 3.08. The third kappa shape index (κ3) is 3.33. The highest BCUT2D eigenvalue weighted by atomic mass is 32.2. The van der Waals surface area contributed by atoms with Gasteiger partial charge in [-0.05, 0) is 31.2 Å². The predicted molar refractivity (Wildman–Crippen MR) is 112 cm³/mol. The molecule has 0 atom stereocenters. The van der Waals surface area contributed by atoms with Gasteiger partial charge in [0.15, 0.2) is 0 Å². The van der Waals surface area contributed by atoms with Gasteiger partial charge in [-0.2, -0.15) is 0 Å². The van der Waals surface area contributed by atoms with E-state index in [-0.39, 0.29) is 5.56 Å². The minimum atomic E-state index is -0.0292. The van der Waals surface area contributed by atoms with Crippen molar-refractivity contribution in [1.29, 1.82) is 0 Å². The maximum absolute atomic E-state index is 12.6. The number of thioether (sulfide) groups is 1. The first-order valence-electron chi connectivity index (χ1n) is 9.19. The Kier molecular flexibility index (Phi) is 4.66. The lowest BCUT2D eigenvalue weighted by molar-refractivity contribution is 0.700. The van der Waals surface area contributed by atoms with E-state index in [2.05, 4.69) is 25.1 Å². The fourth-order valence-corrected chi connectivity index (χ4v) is 5.39. The molecule has 0 fully saturated rings. The molecule has 28 heavy (non-hydrogen) atoms. The van der Waals surface area contributed by atoms with Gasteiger partial charge in [-0.3, -0.25) is 4.79 Å². The van der Waals surface area contributed by atoms with Gasteiger partial charge in [0.25, 0.3) is 5.56 Å². The van der Waals surface area contributed by atoms with Crippen LogP contribution in [0.3, 0.4) is 0 Å². The summed E-state index contributed by atoms with van der Waals surface area (Å²) < 4.78 is 0. The number of hydrogen-bond donors (Lipinski definition) is 1. The van der Waals surface area contributed by atoms with Crippen LogP contribution in [0, 0.1) is 0 Å². The Hall–Kier alpha value is -2.58. The number of aromatic nitrogens is 5. The van der Waals surface area contributed by atoms with E-state index in [1.165, 1.54) is 28.6 Å². The van der Waals surface area contributed by atoms with E-state index in [4.69, 9.17) is 0 Å². The van der Waals surface area contributed by atoms with Crippen LogP contribution in [0.4, 0.5) is 0 Å². The zero-order chi connectivity index (χ0) is 18.9. The Bertz CT molecular complexity index is 1190. The molecule has 5 rings (SSSR count). The third-order valence-electron chi connectivity index (χ3n) is 4.82. The number of aromatic amines is 1. The molecule has 1 N–H and O–H groups in total. The zero-order valence-corrected chi connectivity index (χ0v) is 16.6. The summed E-state index contributed by atoms with van der Waals surface area (Å²) in [4.78, 5) is 26.8. The summed E-state index contributed by atoms with van der Waals surface area (Å²) in [6, 6.07) is 9.83. The van der Waals surface area contributed by atoms with Crippen molar-refractivity contribution in [3.63, 3.8) is 0 Å². The molecule has 140 valence electrons. The van der Waals surface area contributed by atoms with Gasteiger partial charge in [0.2, 0.25) is 5.16 Å². The molecule has 8 heteroatoms. The van der Waals surface area contributed by atoms with Gasteiger partial charge in [-0.1, -0.05) is 42.1 Å². The Morgan fingerprint density at radius 1 is 1.11 bits per heavy atom. The molecule has 3 aromatic heterocycles. The molecule has 0 spiro atoms. The van der Waals surface area contributed by atoms with Crippen LogP contribution in [0.2, 0.25) is 0 Å². The number of fused-ring (bicyclic) bond motifs is 3. The Labute approximate surface area is 169 Å². The molecule has 0 radical (unpaired) electrons. The number of rotatable bonds is 4. The van der Waals surface area contributed by atoms with Crippen LogP contribution >= 0.6 is 23.1 Å². The van der Waals surface area contributed by atoms with Crippen molar-refractivity contribution in [1.82, 2.24) is 25.1 Å². The summed E-state index contributed by atoms with van der Waals surface area (Å²) in [6.07, 6.45) is 6.12. The van der Waals surface area contributed by atoms with Gasteiger partial charge in [-0.25, -0.2) is 9.97 Å². The zero-order valence-electron chi connectivity index (χ0n) is 15.0. The summed E-state index contributed by atoms with van der Waals surface area (Å²) in [5.74, 6) is 1.15. The van der Waals surface area contributed by atoms with Crippen molar-refractivity contribution >= 4 is 33.3 Å². The SMILES string of the molecule is O=c1[nH]c(CSc2ncc(-c3ccccc3)nn2)nc2sc3c(c12)CCCC3. The average molecular weight is 408 g/mol. The second kappa shape index (κ2) is 7.44. The fourth-order valence-electron chi connectivity index (χ4n) is 3.48. The first kappa shape index (κ1) is 17.5. The third-order valence-corrected chi connectivity index (χ3v) is 6.87. The molecular formula is C20H17N5OS2. The highest BCUT2D eigenvalue weighted by Crippen LogP contribution is 2.33. The molecule has 3 heterocycles. The Morgan fingerprint density at radius 3 is 2.79 bits per heavy atom. The molecule has 0 amide bonds. The maximum atomic E-state index is 12.6. The van der Waals surface area contributed by atoms with Gasteiger partial charge in [0.05, 0.1) is 17.3 Å². The number of nitrogens with zero attached hydrogens (tertiary/aromatic N) is 4. The van der Waals surface area contributed by atoms with E-state index < -0.39 is 0 Å². The smallest absolute Gasteiger partial charge is 0.259 e. The predicted octanol–water partition coefficient (Wildman–Crippen LogP) is 4.01. The lowest BCUT2D eigenvalue weighted by atomic mass is 9.97. The standard InChI is InChI=1S/C20H17N5OS2/c26-18-17-13-8-4-5-9-15(13)28-19(17)23-16(22-18)11-27-20-21-10-14(24-25-20)12-6-2-1-3-7-12/h1-3,6-7,10H,4-5,8-9,11H2,(H,22,23,26). The van der Waals surface area contributed by atoms with Gasteiger partial charge in [0.1, 0.15) is 16.3 Å². The van der Waals surface area contributed by atoms with Crippen LogP contribution in [0.1, 0.15) is 29.1 Å². The highest BCUT2D eigenvalue weighted by molar-refractivity contribution is 7.98. The molecule has 0 bridgehead atoms. The van der Waals surface area contributed by atoms with Crippen LogP contribution in [0.25, 0.3) is 21.5 Å². The van der Waals surface area contributed by atoms with E-state index in [9.17, 15) is 4.79 Å². The van der Waals surface area contributed by atoms with Crippen LogP contribution in [0.15, 0.2) is 46.5 Å². The average Bonchev–Trinajstić information content (AvgIpc) is 3.12.